The SMILES string of the molecule is Nc1nc(NCC(C2CC2)C2CC2)nc(N2CCCC2)n1. The molecule has 0 spiro atoms. The van der Waals surface area contributed by atoms with Crippen molar-refractivity contribution >= 4 is 17.8 Å². The Balaban J connectivity index is 1.43. The number of aromatic nitrogens is 3. The van der Waals surface area contributed by atoms with Crippen LogP contribution in [0.3, 0.4) is 0 Å². The summed E-state index contributed by atoms with van der Waals surface area (Å²) < 4.78 is 0. The third-order valence-corrected chi connectivity index (χ3v) is 4.98. The molecule has 0 unspecified atom stereocenters. The predicted molar refractivity (Wildman–Crippen MR) is 83.1 cm³/mol. The summed E-state index contributed by atoms with van der Waals surface area (Å²) in [7, 11) is 0. The van der Waals surface area contributed by atoms with Crippen molar-refractivity contribution in [1.29, 1.82) is 0 Å². The normalized spacial score (nSPS) is 22.0. The molecule has 3 fully saturated rings. The Morgan fingerprint density at radius 1 is 1.05 bits per heavy atom. The predicted octanol–water partition coefficient (Wildman–Crippen LogP) is 1.90. The fourth-order valence-electron chi connectivity index (χ4n) is 3.49. The zero-order valence-electron chi connectivity index (χ0n) is 12.5. The van der Waals surface area contributed by atoms with Crippen molar-refractivity contribution in [3.8, 4) is 0 Å². The highest BCUT2D eigenvalue weighted by atomic mass is 15.3. The third kappa shape index (κ3) is 3.04. The van der Waals surface area contributed by atoms with Gasteiger partial charge in [0.05, 0.1) is 0 Å². The first-order valence-electron chi connectivity index (χ1n) is 8.30. The highest BCUT2D eigenvalue weighted by Gasteiger charge is 2.41. The lowest BCUT2D eigenvalue weighted by atomic mass is 9.98. The Bertz CT molecular complexity index is 493. The molecule has 114 valence electrons. The van der Waals surface area contributed by atoms with Gasteiger partial charge in [0.25, 0.3) is 0 Å². The molecule has 2 heterocycles. The number of rotatable bonds is 6. The Kier molecular flexibility index (Phi) is 3.31. The molecule has 4 rings (SSSR count). The van der Waals surface area contributed by atoms with Gasteiger partial charge in [0.1, 0.15) is 0 Å². The molecule has 0 radical (unpaired) electrons. The topological polar surface area (TPSA) is 80.0 Å². The van der Waals surface area contributed by atoms with Crippen LogP contribution in [-0.2, 0) is 0 Å². The molecule has 1 saturated heterocycles. The Labute approximate surface area is 125 Å². The maximum atomic E-state index is 5.85. The molecule has 1 aromatic heterocycles. The first kappa shape index (κ1) is 13.1. The largest absolute Gasteiger partial charge is 0.368 e. The zero-order valence-corrected chi connectivity index (χ0v) is 12.5. The molecule has 3 N–H and O–H groups in total. The second-order valence-electron chi connectivity index (χ2n) is 6.73. The molecule has 0 aromatic carbocycles. The molecule has 6 heteroatoms. The zero-order chi connectivity index (χ0) is 14.2. The van der Waals surface area contributed by atoms with Gasteiger partial charge >= 0.3 is 0 Å². The van der Waals surface area contributed by atoms with Gasteiger partial charge in [-0.2, -0.15) is 15.0 Å². The van der Waals surface area contributed by atoms with Gasteiger partial charge in [-0.05, 0) is 56.3 Å². The van der Waals surface area contributed by atoms with Crippen molar-refractivity contribution in [3.63, 3.8) is 0 Å². The van der Waals surface area contributed by atoms with Crippen molar-refractivity contribution in [2.24, 2.45) is 17.8 Å². The van der Waals surface area contributed by atoms with Crippen LogP contribution in [0, 0.1) is 17.8 Å². The van der Waals surface area contributed by atoms with E-state index in [1.165, 1.54) is 38.5 Å². The summed E-state index contributed by atoms with van der Waals surface area (Å²) in [5, 5.41) is 3.42. The van der Waals surface area contributed by atoms with Crippen LogP contribution in [0.5, 0.6) is 0 Å². The summed E-state index contributed by atoms with van der Waals surface area (Å²) in [4.78, 5) is 15.3. The van der Waals surface area contributed by atoms with Crippen LogP contribution in [-0.4, -0.2) is 34.6 Å². The molecule has 21 heavy (non-hydrogen) atoms. The van der Waals surface area contributed by atoms with E-state index in [-0.39, 0.29) is 0 Å². The molecule has 0 amide bonds. The summed E-state index contributed by atoms with van der Waals surface area (Å²) in [5.41, 5.74) is 5.85. The molecular weight excluding hydrogens is 264 g/mol. The molecule has 1 aromatic rings. The van der Waals surface area contributed by atoms with Crippen molar-refractivity contribution in [2.45, 2.75) is 38.5 Å². The van der Waals surface area contributed by atoms with Crippen LogP contribution in [0.4, 0.5) is 17.8 Å². The van der Waals surface area contributed by atoms with E-state index in [2.05, 4.69) is 25.2 Å². The van der Waals surface area contributed by atoms with Gasteiger partial charge in [0.2, 0.25) is 17.8 Å². The maximum absolute atomic E-state index is 5.85. The van der Waals surface area contributed by atoms with E-state index in [0.717, 1.165) is 43.3 Å². The molecular formula is C15H24N6. The summed E-state index contributed by atoms with van der Waals surface area (Å²) >= 11 is 0. The Morgan fingerprint density at radius 2 is 1.71 bits per heavy atom. The smallest absolute Gasteiger partial charge is 0.231 e. The summed E-state index contributed by atoms with van der Waals surface area (Å²) in [6.45, 7) is 3.03. The maximum Gasteiger partial charge on any atom is 0.231 e. The van der Waals surface area contributed by atoms with E-state index in [0.29, 0.717) is 11.9 Å². The summed E-state index contributed by atoms with van der Waals surface area (Å²) in [6, 6.07) is 0. The fourth-order valence-corrected chi connectivity index (χ4v) is 3.49. The van der Waals surface area contributed by atoms with Crippen LogP contribution < -0.4 is 16.0 Å². The number of nitrogens with one attached hydrogen (secondary N) is 1. The van der Waals surface area contributed by atoms with Gasteiger partial charge in [0.15, 0.2) is 0 Å². The molecule has 2 saturated carbocycles. The number of nitrogen functional groups attached to an aromatic ring is 1. The van der Waals surface area contributed by atoms with Crippen LogP contribution >= 0.6 is 0 Å². The summed E-state index contributed by atoms with van der Waals surface area (Å²) in [6.07, 6.45) is 8.03. The van der Waals surface area contributed by atoms with E-state index in [9.17, 15) is 0 Å². The average molecular weight is 288 g/mol. The second kappa shape index (κ2) is 5.31. The molecule has 6 nitrogen and oxygen atoms in total. The van der Waals surface area contributed by atoms with E-state index < -0.39 is 0 Å². The van der Waals surface area contributed by atoms with Crippen LogP contribution in [0.2, 0.25) is 0 Å². The van der Waals surface area contributed by atoms with E-state index >= 15 is 0 Å². The minimum Gasteiger partial charge on any atom is -0.368 e. The molecule has 1 aliphatic heterocycles. The molecule has 0 atom stereocenters. The van der Waals surface area contributed by atoms with Gasteiger partial charge < -0.3 is 16.0 Å². The monoisotopic (exact) mass is 288 g/mol. The van der Waals surface area contributed by atoms with Crippen molar-refractivity contribution in [3.05, 3.63) is 0 Å². The number of nitrogens with zero attached hydrogens (tertiary/aromatic N) is 4. The highest BCUT2D eigenvalue weighted by Crippen LogP contribution is 2.49. The quantitative estimate of drug-likeness (QED) is 0.832. The Morgan fingerprint density at radius 3 is 2.33 bits per heavy atom. The third-order valence-electron chi connectivity index (χ3n) is 4.98. The van der Waals surface area contributed by atoms with Gasteiger partial charge in [0, 0.05) is 19.6 Å². The summed E-state index contributed by atoms with van der Waals surface area (Å²) in [5.74, 6) is 4.37. The highest BCUT2D eigenvalue weighted by molar-refractivity contribution is 5.42. The second-order valence-corrected chi connectivity index (χ2v) is 6.73. The standard InChI is InChI=1S/C15H24N6/c16-13-18-14(20-15(19-13)21-7-1-2-8-21)17-9-12(10-3-4-10)11-5-6-11/h10-12H,1-9H2,(H3,16,17,18,19,20). The molecule has 3 aliphatic rings. The van der Waals surface area contributed by atoms with Gasteiger partial charge in [-0.1, -0.05) is 0 Å². The van der Waals surface area contributed by atoms with Gasteiger partial charge in [-0.15, -0.1) is 0 Å². The van der Waals surface area contributed by atoms with Gasteiger partial charge in [-0.3, -0.25) is 0 Å². The average Bonchev–Trinajstić information content (AvgIpc) is 3.40. The van der Waals surface area contributed by atoms with Crippen LogP contribution in [0.15, 0.2) is 0 Å². The van der Waals surface area contributed by atoms with Crippen molar-refractivity contribution in [2.75, 3.05) is 35.6 Å². The van der Waals surface area contributed by atoms with Gasteiger partial charge in [-0.25, -0.2) is 0 Å². The lowest BCUT2D eigenvalue weighted by Gasteiger charge is -2.18. The first-order chi connectivity index (χ1) is 10.3. The number of nitrogens with two attached hydrogens (primary N) is 1. The lowest BCUT2D eigenvalue weighted by Crippen LogP contribution is -2.24. The lowest BCUT2D eigenvalue weighted by molar-refractivity contribution is 0.427. The van der Waals surface area contributed by atoms with E-state index in [1.807, 2.05) is 0 Å². The van der Waals surface area contributed by atoms with Crippen molar-refractivity contribution in [1.82, 2.24) is 15.0 Å². The Hall–Kier alpha value is -1.59. The fraction of sp³-hybridized carbons (Fsp3) is 0.800. The van der Waals surface area contributed by atoms with Crippen molar-refractivity contribution < 1.29 is 0 Å². The van der Waals surface area contributed by atoms with E-state index in [1.54, 1.807) is 0 Å². The number of hydrogen-bond donors (Lipinski definition) is 2. The number of anilines is 3. The molecule has 2 aliphatic carbocycles. The van der Waals surface area contributed by atoms with E-state index in [4.69, 9.17) is 5.73 Å². The molecule has 0 bridgehead atoms. The van der Waals surface area contributed by atoms with Crippen LogP contribution in [0.25, 0.3) is 0 Å². The van der Waals surface area contributed by atoms with Crippen LogP contribution in [0.1, 0.15) is 38.5 Å². The first-order valence-corrected chi connectivity index (χ1v) is 8.30. The minimum absolute atomic E-state index is 0.323. The number of hydrogen-bond acceptors (Lipinski definition) is 6. The minimum atomic E-state index is 0.323.